The fourth-order valence-corrected chi connectivity index (χ4v) is 3.21. The van der Waals surface area contributed by atoms with Crippen molar-refractivity contribution in [2.75, 3.05) is 13.1 Å². The van der Waals surface area contributed by atoms with E-state index in [0.717, 1.165) is 26.1 Å². The van der Waals surface area contributed by atoms with Crippen LogP contribution in [-0.4, -0.2) is 34.2 Å². The molecule has 2 aromatic carbocycles. The molecule has 0 amide bonds. The van der Waals surface area contributed by atoms with Crippen molar-refractivity contribution in [2.24, 2.45) is 0 Å². The number of aromatic nitrogens is 2. The molecule has 8 heteroatoms. The quantitative estimate of drug-likeness (QED) is 0.647. The van der Waals surface area contributed by atoms with Crippen molar-refractivity contribution in [3.05, 3.63) is 66.1 Å². The molecule has 0 N–H and O–H groups in total. The summed E-state index contributed by atoms with van der Waals surface area (Å²) < 4.78 is 47.9. The summed E-state index contributed by atoms with van der Waals surface area (Å²) in [6.45, 7) is 2.68. The molecule has 146 valence electrons. The first-order valence-corrected chi connectivity index (χ1v) is 8.92. The van der Waals surface area contributed by atoms with Crippen LogP contribution in [-0.2, 0) is 12.7 Å². The highest BCUT2D eigenvalue weighted by molar-refractivity contribution is 5.55. The molecule has 1 unspecified atom stereocenters. The van der Waals surface area contributed by atoms with Crippen molar-refractivity contribution in [3.63, 3.8) is 0 Å². The molecule has 1 aliphatic rings. The molecule has 0 bridgehead atoms. The molecule has 5 nitrogen and oxygen atoms in total. The first kappa shape index (κ1) is 18.5. The van der Waals surface area contributed by atoms with E-state index in [-0.39, 0.29) is 11.9 Å². The van der Waals surface area contributed by atoms with Crippen LogP contribution in [0.1, 0.15) is 17.9 Å². The van der Waals surface area contributed by atoms with Crippen molar-refractivity contribution in [2.45, 2.75) is 25.2 Å². The van der Waals surface area contributed by atoms with E-state index in [9.17, 15) is 13.2 Å². The largest absolute Gasteiger partial charge is 0.489 e. The summed E-state index contributed by atoms with van der Waals surface area (Å²) in [5.41, 5.74) is 1.70. The van der Waals surface area contributed by atoms with Gasteiger partial charge in [0, 0.05) is 25.2 Å². The monoisotopic (exact) mass is 389 g/mol. The van der Waals surface area contributed by atoms with Crippen molar-refractivity contribution >= 4 is 0 Å². The Morgan fingerprint density at radius 1 is 1.07 bits per heavy atom. The van der Waals surface area contributed by atoms with E-state index in [1.54, 1.807) is 24.3 Å². The number of hydrogen-bond donors (Lipinski definition) is 0. The minimum atomic E-state index is -4.65. The lowest BCUT2D eigenvalue weighted by molar-refractivity contribution is -0.159. The summed E-state index contributed by atoms with van der Waals surface area (Å²) in [5.74, 6) is -0.795. The summed E-state index contributed by atoms with van der Waals surface area (Å²) >= 11 is 0. The van der Waals surface area contributed by atoms with E-state index in [2.05, 4.69) is 31.7 Å². The van der Waals surface area contributed by atoms with E-state index < -0.39 is 12.1 Å². The highest BCUT2D eigenvalue weighted by Gasteiger charge is 2.38. The minimum absolute atomic E-state index is 0.0802. The van der Waals surface area contributed by atoms with Crippen LogP contribution in [0.5, 0.6) is 5.75 Å². The summed E-state index contributed by atoms with van der Waals surface area (Å²) in [6.07, 6.45) is -3.65. The number of halogens is 3. The smallest absolute Gasteiger partial charge is 0.471 e. The van der Waals surface area contributed by atoms with E-state index in [0.29, 0.717) is 11.3 Å². The van der Waals surface area contributed by atoms with Crippen LogP contribution in [0.3, 0.4) is 0 Å². The molecule has 1 atom stereocenters. The van der Waals surface area contributed by atoms with E-state index >= 15 is 0 Å². The second-order valence-corrected chi connectivity index (χ2v) is 6.69. The van der Waals surface area contributed by atoms with Gasteiger partial charge in [0.25, 0.3) is 0 Å². The number of rotatable bonds is 5. The molecule has 1 fully saturated rings. The molecular formula is C20H18F3N3O2. The predicted molar refractivity (Wildman–Crippen MR) is 95.5 cm³/mol. The SMILES string of the molecule is FC(F)(F)c1nc(-c2ccc(OC3CCN(Cc4ccccc4)C3)cc2)no1. The maximum atomic E-state index is 12.6. The summed E-state index contributed by atoms with van der Waals surface area (Å²) in [5, 5.41) is 3.38. The number of alkyl halides is 3. The van der Waals surface area contributed by atoms with Gasteiger partial charge in [0.1, 0.15) is 11.9 Å². The zero-order valence-corrected chi connectivity index (χ0v) is 14.9. The van der Waals surface area contributed by atoms with Gasteiger partial charge in [-0.25, -0.2) is 0 Å². The summed E-state index contributed by atoms with van der Waals surface area (Å²) in [7, 11) is 0. The number of hydrogen-bond acceptors (Lipinski definition) is 5. The van der Waals surface area contributed by atoms with Crippen molar-refractivity contribution < 1.29 is 22.4 Å². The molecular weight excluding hydrogens is 371 g/mol. The third-order valence-electron chi connectivity index (χ3n) is 4.56. The maximum absolute atomic E-state index is 12.6. The van der Waals surface area contributed by atoms with Gasteiger partial charge in [-0.3, -0.25) is 4.90 Å². The lowest BCUT2D eigenvalue weighted by Gasteiger charge is -2.17. The van der Waals surface area contributed by atoms with E-state index in [1.165, 1.54) is 5.56 Å². The average Bonchev–Trinajstić information content (AvgIpc) is 3.33. The standard InChI is InChI=1S/C20H18F3N3O2/c21-20(22,23)19-24-18(25-28-19)15-6-8-16(9-7-15)27-17-10-11-26(13-17)12-14-4-2-1-3-5-14/h1-9,17H,10-13H2. The average molecular weight is 389 g/mol. The van der Waals surface area contributed by atoms with Gasteiger partial charge in [-0.2, -0.15) is 18.2 Å². The molecule has 4 rings (SSSR count). The molecule has 1 saturated heterocycles. The third-order valence-corrected chi connectivity index (χ3v) is 4.56. The van der Waals surface area contributed by atoms with Crippen LogP contribution in [0.25, 0.3) is 11.4 Å². The fraction of sp³-hybridized carbons (Fsp3) is 0.300. The van der Waals surface area contributed by atoms with Gasteiger partial charge in [0.2, 0.25) is 5.82 Å². The highest BCUT2D eigenvalue weighted by atomic mass is 19.4. The number of ether oxygens (including phenoxy) is 1. The Hall–Kier alpha value is -2.87. The molecule has 0 spiro atoms. The fourth-order valence-electron chi connectivity index (χ4n) is 3.21. The van der Waals surface area contributed by atoms with Gasteiger partial charge < -0.3 is 9.26 Å². The Morgan fingerprint density at radius 2 is 1.82 bits per heavy atom. The molecule has 0 aliphatic carbocycles. The molecule has 1 aromatic heterocycles. The first-order chi connectivity index (χ1) is 13.5. The van der Waals surface area contributed by atoms with Crippen molar-refractivity contribution in [1.82, 2.24) is 15.0 Å². The Kier molecular flexibility index (Phi) is 5.04. The van der Waals surface area contributed by atoms with Gasteiger partial charge in [0.15, 0.2) is 0 Å². The molecule has 2 heterocycles. The zero-order chi connectivity index (χ0) is 19.6. The second-order valence-electron chi connectivity index (χ2n) is 6.69. The molecule has 3 aromatic rings. The predicted octanol–water partition coefficient (Wildman–Crippen LogP) is 4.41. The number of nitrogens with zero attached hydrogens (tertiary/aromatic N) is 3. The molecule has 28 heavy (non-hydrogen) atoms. The van der Waals surface area contributed by atoms with Gasteiger partial charge in [0.05, 0.1) is 0 Å². The summed E-state index contributed by atoms with van der Waals surface area (Å²) in [4.78, 5) is 5.72. The van der Waals surface area contributed by atoms with Crippen LogP contribution in [0, 0.1) is 0 Å². The third kappa shape index (κ3) is 4.33. The van der Waals surface area contributed by atoms with E-state index in [4.69, 9.17) is 4.74 Å². The van der Waals surface area contributed by atoms with Gasteiger partial charge >= 0.3 is 12.1 Å². The van der Waals surface area contributed by atoms with Crippen LogP contribution in [0.4, 0.5) is 13.2 Å². The lowest BCUT2D eigenvalue weighted by atomic mass is 10.2. The van der Waals surface area contributed by atoms with E-state index in [1.807, 2.05) is 18.2 Å². The van der Waals surface area contributed by atoms with Crippen LogP contribution in [0.2, 0.25) is 0 Å². The van der Waals surface area contributed by atoms with Gasteiger partial charge in [-0.1, -0.05) is 35.5 Å². The molecule has 0 radical (unpaired) electrons. The first-order valence-electron chi connectivity index (χ1n) is 8.92. The Labute approximate surface area is 159 Å². The highest BCUT2D eigenvalue weighted by Crippen LogP contribution is 2.30. The molecule has 0 saturated carbocycles. The molecule has 1 aliphatic heterocycles. The Bertz CT molecular complexity index is 910. The maximum Gasteiger partial charge on any atom is 0.471 e. The van der Waals surface area contributed by atoms with Gasteiger partial charge in [-0.05, 0) is 36.2 Å². The normalized spacial score (nSPS) is 17.8. The van der Waals surface area contributed by atoms with Crippen LogP contribution < -0.4 is 4.74 Å². The van der Waals surface area contributed by atoms with Crippen molar-refractivity contribution in [3.8, 4) is 17.1 Å². The summed E-state index contributed by atoms with van der Waals surface area (Å²) in [6, 6.07) is 16.9. The second kappa shape index (κ2) is 7.63. The van der Waals surface area contributed by atoms with Crippen LogP contribution in [0.15, 0.2) is 59.1 Å². The minimum Gasteiger partial charge on any atom is -0.489 e. The zero-order valence-electron chi connectivity index (χ0n) is 14.9. The van der Waals surface area contributed by atoms with Crippen LogP contribution >= 0.6 is 0 Å². The van der Waals surface area contributed by atoms with Crippen molar-refractivity contribution in [1.29, 1.82) is 0 Å². The topological polar surface area (TPSA) is 51.4 Å². The number of likely N-dealkylation sites (tertiary alicyclic amines) is 1. The Balaban J connectivity index is 1.34. The number of benzene rings is 2. The lowest BCUT2D eigenvalue weighted by Crippen LogP contribution is -2.24. The van der Waals surface area contributed by atoms with Gasteiger partial charge in [-0.15, -0.1) is 0 Å². The Morgan fingerprint density at radius 3 is 2.50 bits per heavy atom.